The third-order valence-corrected chi connectivity index (χ3v) is 3.42. The summed E-state index contributed by atoms with van der Waals surface area (Å²) in [7, 11) is 0. The molecule has 0 aromatic rings. The Hall–Kier alpha value is -1.10. The molecule has 0 bridgehead atoms. The van der Waals surface area contributed by atoms with E-state index in [1.165, 1.54) is 6.42 Å². The number of likely N-dealkylation sites (tertiary alicyclic amines) is 1. The lowest BCUT2D eigenvalue weighted by Crippen LogP contribution is -2.43. The first kappa shape index (κ1) is 15.0. The van der Waals surface area contributed by atoms with E-state index >= 15 is 0 Å². The summed E-state index contributed by atoms with van der Waals surface area (Å²) in [6.45, 7) is 5.71. The molecule has 1 unspecified atom stereocenters. The van der Waals surface area contributed by atoms with Crippen LogP contribution in [0, 0.1) is 5.92 Å². The van der Waals surface area contributed by atoms with Gasteiger partial charge in [0.2, 0.25) is 11.8 Å². The number of carbonyl (C=O) groups excluding carboxylic acids is 2. The van der Waals surface area contributed by atoms with Crippen molar-refractivity contribution in [3.63, 3.8) is 0 Å². The number of nitrogens with one attached hydrogen (secondary N) is 1. The van der Waals surface area contributed by atoms with Gasteiger partial charge in [-0.1, -0.05) is 13.8 Å². The number of carbonyl (C=O) groups is 2. The summed E-state index contributed by atoms with van der Waals surface area (Å²) in [5.74, 6) is 0.149. The molecule has 1 atom stereocenters. The summed E-state index contributed by atoms with van der Waals surface area (Å²) < 4.78 is 0. The van der Waals surface area contributed by atoms with E-state index in [1.54, 1.807) is 0 Å². The van der Waals surface area contributed by atoms with Gasteiger partial charge < -0.3 is 16.0 Å². The summed E-state index contributed by atoms with van der Waals surface area (Å²) in [6, 6.07) is -0.143. The van der Waals surface area contributed by atoms with Crippen molar-refractivity contribution in [3.05, 3.63) is 0 Å². The van der Waals surface area contributed by atoms with Crippen molar-refractivity contribution in [1.29, 1.82) is 0 Å². The minimum absolute atomic E-state index is 0.0150. The second-order valence-electron chi connectivity index (χ2n) is 5.33. The largest absolute Gasteiger partial charge is 0.347 e. The van der Waals surface area contributed by atoms with Crippen molar-refractivity contribution in [2.45, 2.75) is 45.6 Å². The zero-order chi connectivity index (χ0) is 13.5. The number of nitrogens with zero attached hydrogens (tertiary/aromatic N) is 1. The van der Waals surface area contributed by atoms with E-state index in [1.807, 2.05) is 18.7 Å². The highest BCUT2D eigenvalue weighted by molar-refractivity contribution is 5.85. The Kier molecular flexibility index (Phi) is 6.12. The molecular formula is C13H25N3O2. The molecule has 1 aliphatic rings. The Morgan fingerprint density at radius 1 is 1.22 bits per heavy atom. The lowest BCUT2D eigenvalue weighted by Gasteiger charge is -2.26. The van der Waals surface area contributed by atoms with E-state index < -0.39 is 0 Å². The van der Waals surface area contributed by atoms with Gasteiger partial charge >= 0.3 is 0 Å². The van der Waals surface area contributed by atoms with E-state index in [9.17, 15) is 9.59 Å². The number of nitrogens with two attached hydrogens (primary N) is 1. The standard InChI is InChI=1S/C13H25N3O2/c1-10(2)11(14)8-12(17)15-9-13(18)16-6-4-3-5-7-16/h10-11H,3-9,14H2,1-2H3,(H,15,17). The summed E-state index contributed by atoms with van der Waals surface area (Å²) in [6.07, 6.45) is 3.61. The maximum atomic E-state index is 11.8. The van der Waals surface area contributed by atoms with Crippen molar-refractivity contribution in [3.8, 4) is 0 Å². The normalized spacial score (nSPS) is 17.7. The molecule has 0 aliphatic carbocycles. The first-order chi connectivity index (χ1) is 8.50. The fraction of sp³-hybridized carbons (Fsp3) is 0.846. The second-order valence-corrected chi connectivity index (χ2v) is 5.33. The zero-order valence-corrected chi connectivity index (χ0v) is 11.4. The molecule has 0 saturated carbocycles. The van der Waals surface area contributed by atoms with Crippen LogP contribution in [0.3, 0.4) is 0 Å². The fourth-order valence-corrected chi connectivity index (χ4v) is 1.95. The summed E-state index contributed by atoms with van der Waals surface area (Å²) in [4.78, 5) is 25.2. The second kappa shape index (κ2) is 7.36. The molecule has 1 heterocycles. The van der Waals surface area contributed by atoms with Crippen LogP contribution in [0.15, 0.2) is 0 Å². The van der Waals surface area contributed by atoms with Crippen LogP contribution < -0.4 is 11.1 Å². The number of amides is 2. The molecule has 1 aliphatic heterocycles. The summed E-state index contributed by atoms with van der Waals surface area (Å²) in [5.41, 5.74) is 5.81. The molecule has 0 aromatic carbocycles. The van der Waals surface area contributed by atoms with Gasteiger partial charge in [-0.15, -0.1) is 0 Å². The predicted octanol–water partition coefficient (Wildman–Crippen LogP) is 0.489. The maximum Gasteiger partial charge on any atom is 0.241 e. The number of hydrogen-bond acceptors (Lipinski definition) is 3. The zero-order valence-electron chi connectivity index (χ0n) is 11.4. The Balaban J connectivity index is 2.23. The number of piperidine rings is 1. The molecule has 5 heteroatoms. The number of rotatable bonds is 5. The van der Waals surface area contributed by atoms with Gasteiger partial charge in [-0.2, -0.15) is 0 Å². The molecule has 1 fully saturated rings. The van der Waals surface area contributed by atoms with Gasteiger partial charge in [-0.3, -0.25) is 9.59 Å². The van der Waals surface area contributed by atoms with Crippen LogP contribution in [0.5, 0.6) is 0 Å². The van der Waals surface area contributed by atoms with E-state index in [-0.39, 0.29) is 36.7 Å². The van der Waals surface area contributed by atoms with Crippen molar-refractivity contribution in [1.82, 2.24) is 10.2 Å². The van der Waals surface area contributed by atoms with Crippen LogP contribution >= 0.6 is 0 Å². The van der Waals surface area contributed by atoms with Gasteiger partial charge in [-0.05, 0) is 25.2 Å². The van der Waals surface area contributed by atoms with Crippen LogP contribution in [0.1, 0.15) is 39.5 Å². The number of hydrogen-bond donors (Lipinski definition) is 2. The van der Waals surface area contributed by atoms with Gasteiger partial charge in [0.1, 0.15) is 0 Å². The molecule has 5 nitrogen and oxygen atoms in total. The van der Waals surface area contributed by atoms with E-state index in [0.29, 0.717) is 0 Å². The highest BCUT2D eigenvalue weighted by atomic mass is 16.2. The minimum Gasteiger partial charge on any atom is -0.347 e. The van der Waals surface area contributed by atoms with Gasteiger partial charge in [0.05, 0.1) is 6.54 Å². The van der Waals surface area contributed by atoms with Gasteiger partial charge in [-0.25, -0.2) is 0 Å². The molecule has 1 rings (SSSR count). The molecular weight excluding hydrogens is 230 g/mol. The van der Waals surface area contributed by atoms with Crippen LogP contribution in [-0.2, 0) is 9.59 Å². The maximum absolute atomic E-state index is 11.8. The molecule has 3 N–H and O–H groups in total. The molecule has 104 valence electrons. The first-order valence-electron chi connectivity index (χ1n) is 6.80. The Bertz CT molecular complexity index is 286. The third-order valence-electron chi connectivity index (χ3n) is 3.42. The van der Waals surface area contributed by atoms with E-state index in [2.05, 4.69) is 5.32 Å². The van der Waals surface area contributed by atoms with Crippen molar-refractivity contribution in [2.24, 2.45) is 11.7 Å². The Labute approximate surface area is 109 Å². The Morgan fingerprint density at radius 2 is 1.83 bits per heavy atom. The quantitative estimate of drug-likeness (QED) is 0.750. The molecule has 2 amide bonds. The smallest absolute Gasteiger partial charge is 0.241 e. The Morgan fingerprint density at radius 3 is 2.39 bits per heavy atom. The monoisotopic (exact) mass is 255 g/mol. The average Bonchev–Trinajstić information content (AvgIpc) is 2.36. The highest BCUT2D eigenvalue weighted by Gasteiger charge is 2.18. The van der Waals surface area contributed by atoms with Crippen LogP contribution in [0.4, 0.5) is 0 Å². The minimum atomic E-state index is -0.143. The van der Waals surface area contributed by atoms with Gasteiger partial charge in [0.25, 0.3) is 0 Å². The van der Waals surface area contributed by atoms with Crippen molar-refractivity contribution in [2.75, 3.05) is 19.6 Å². The SMILES string of the molecule is CC(C)C(N)CC(=O)NCC(=O)N1CCCCC1. The molecule has 0 spiro atoms. The third kappa shape index (κ3) is 5.04. The van der Waals surface area contributed by atoms with Crippen molar-refractivity contribution >= 4 is 11.8 Å². The summed E-state index contributed by atoms with van der Waals surface area (Å²) >= 11 is 0. The molecule has 0 aromatic heterocycles. The van der Waals surface area contributed by atoms with Crippen LogP contribution in [-0.4, -0.2) is 42.4 Å². The van der Waals surface area contributed by atoms with Gasteiger partial charge in [0, 0.05) is 25.6 Å². The van der Waals surface area contributed by atoms with Crippen LogP contribution in [0.25, 0.3) is 0 Å². The molecule has 18 heavy (non-hydrogen) atoms. The highest BCUT2D eigenvalue weighted by Crippen LogP contribution is 2.08. The van der Waals surface area contributed by atoms with Crippen molar-refractivity contribution < 1.29 is 9.59 Å². The lowest BCUT2D eigenvalue weighted by atomic mass is 10.0. The molecule has 1 saturated heterocycles. The topological polar surface area (TPSA) is 75.4 Å². The van der Waals surface area contributed by atoms with E-state index in [0.717, 1.165) is 25.9 Å². The summed E-state index contributed by atoms with van der Waals surface area (Å²) in [5, 5.41) is 2.66. The predicted molar refractivity (Wildman–Crippen MR) is 70.9 cm³/mol. The molecule has 0 radical (unpaired) electrons. The average molecular weight is 255 g/mol. The van der Waals surface area contributed by atoms with Gasteiger partial charge in [0.15, 0.2) is 0 Å². The fourth-order valence-electron chi connectivity index (χ4n) is 1.95. The first-order valence-corrected chi connectivity index (χ1v) is 6.80. The lowest BCUT2D eigenvalue weighted by molar-refractivity contribution is -0.133. The van der Waals surface area contributed by atoms with E-state index in [4.69, 9.17) is 5.73 Å². The van der Waals surface area contributed by atoms with Crippen LogP contribution in [0.2, 0.25) is 0 Å².